The van der Waals surface area contributed by atoms with Crippen LogP contribution in [0.3, 0.4) is 0 Å². The molecular weight excluding hydrogens is 284 g/mol. The fourth-order valence-corrected chi connectivity index (χ4v) is 1.76. The lowest BCUT2D eigenvalue weighted by molar-refractivity contribution is -0.123. The van der Waals surface area contributed by atoms with E-state index in [1.54, 1.807) is 20.8 Å². The van der Waals surface area contributed by atoms with E-state index < -0.39 is 17.7 Å². The van der Waals surface area contributed by atoms with Crippen LogP contribution in [0.4, 0.5) is 4.79 Å². The number of carbonyl (C=O) groups excluding carboxylic acids is 2. The summed E-state index contributed by atoms with van der Waals surface area (Å²) in [6.07, 6.45) is -0.555. The molecule has 1 atom stereocenters. The second kappa shape index (κ2) is 8.38. The number of rotatable bonds is 6. The highest BCUT2D eigenvalue weighted by Gasteiger charge is 2.23. The minimum Gasteiger partial charge on any atom is -0.444 e. The molecule has 22 heavy (non-hydrogen) atoms. The van der Waals surface area contributed by atoms with Crippen molar-refractivity contribution in [2.45, 2.75) is 45.4 Å². The van der Waals surface area contributed by atoms with Crippen molar-refractivity contribution in [3.05, 3.63) is 35.9 Å². The van der Waals surface area contributed by atoms with Gasteiger partial charge in [-0.05, 0) is 32.8 Å². The number of benzene rings is 1. The van der Waals surface area contributed by atoms with Crippen molar-refractivity contribution in [3.63, 3.8) is 0 Å². The van der Waals surface area contributed by atoms with Crippen LogP contribution < -0.4 is 10.6 Å². The molecule has 0 aromatic heterocycles. The van der Waals surface area contributed by atoms with Crippen LogP contribution in [0.1, 0.15) is 32.8 Å². The lowest BCUT2D eigenvalue weighted by Crippen LogP contribution is -2.48. The quantitative estimate of drug-likeness (QED) is 0.744. The molecule has 1 rings (SSSR count). The number of nitrogens with one attached hydrogen (secondary N) is 2. The van der Waals surface area contributed by atoms with Crippen LogP contribution in [0.2, 0.25) is 0 Å². The SMILES string of the molecule is CC(C)(C)OC(=O)NC(CCO)C(=O)NCc1ccccc1. The number of carbonyl (C=O) groups is 2. The number of ether oxygens (including phenoxy) is 1. The molecule has 1 aromatic rings. The zero-order chi connectivity index (χ0) is 16.6. The normalized spacial score (nSPS) is 12.4. The van der Waals surface area contributed by atoms with Gasteiger partial charge in [0.25, 0.3) is 0 Å². The monoisotopic (exact) mass is 308 g/mol. The van der Waals surface area contributed by atoms with Crippen molar-refractivity contribution in [1.82, 2.24) is 10.6 Å². The molecule has 0 fully saturated rings. The van der Waals surface area contributed by atoms with Gasteiger partial charge in [0.1, 0.15) is 11.6 Å². The van der Waals surface area contributed by atoms with Crippen LogP contribution >= 0.6 is 0 Å². The van der Waals surface area contributed by atoms with Gasteiger partial charge in [0.05, 0.1) is 0 Å². The van der Waals surface area contributed by atoms with Gasteiger partial charge >= 0.3 is 6.09 Å². The predicted octanol–water partition coefficient (Wildman–Crippen LogP) is 1.58. The van der Waals surface area contributed by atoms with Gasteiger partial charge in [0.15, 0.2) is 0 Å². The predicted molar refractivity (Wildman–Crippen MR) is 83.1 cm³/mol. The molecule has 0 heterocycles. The van der Waals surface area contributed by atoms with Crippen LogP contribution in [0, 0.1) is 0 Å². The third-order valence-corrected chi connectivity index (χ3v) is 2.73. The maximum Gasteiger partial charge on any atom is 0.408 e. The Morgan fingerprint density at radius 3 is 2.41 bits per heavy atom. The Labute approximate surface area is 130 Å². The van der Waals surface area contributed by atoms with E-state index in [9.17, 15) is 9.59 Å². The fraction of sp³-hybridized carbons (Fsp3) is 0.500. The summed E-state index contributed by atoms with van der Waals surface area (Å²) < 4.78 is 5.12. The Morgan fingerprint density at radius 1 is 1.23 bits per heavy atom. The van der Waals surface area contributed by atoms with Gasteiger partial charge in [-0.1, -0.05) is 30.3 Å². The highest BCUT2D eigenvalue weighted by atomic mass is 16.6. The zero-order valence-electron chi connectivity index (χ0n) is 13.3. The van der Waals surface area contributed by atoms with E-state index in [0.717, 1.165) is 5.56 Å². The number of hydrogen-bond acceptors (Lipinski definition) is 4. The Morgan fingerprint density at radius 2 is 1.86 bits per heavy atom. The Kier molecular flexibility index (Phi) is 6.85. The molecule has 2 amide bonds. The standard InChI is InChI=1S/C16H24N2O4/c1-16(2,3)22-15(21)18-13(9-10-19)14(20)17-11-12-7-5-4-6-8-12/h4-8,13,19H,9-11H2,1-3H3,(H,17,20)(H,18,21). The third-order valence-electron chi connectivity index (χ3n) is 2.73. The first-order valence-electron chi connectivity index (χ1n) is 7.24. The largest absolute Gasteiger partial charge is 0.444 e. The molecule has 6 nitrogen and oxygen atoms in total. The van der Waals surface area contributed by atoms with Crippen molar-refractivity contribution in [3.8, 4) is 0 Å². The Bertz CT molecular complexity index is 483. The first-order valence-corrected chi connectivity index (χ1v) is 7.24. The zero-order valence-corrected chi connectivity index (χ0v) is 13.3. The summed E-state index contributed by atoms with van der Waals surface area (Å²) in [5.74, 6) is -0.358. The average Bonchev–Trinajstić information content (AvgIpc) is 2.43. The Balaban J connectivity index is 2.54. The molecule has 122 valence electrons. The molecule has 0 aliphatic rings. The molecule has 1 unspecified atom stereocenters. The van der Waals surface area contributed by atoms with Crippen molar-refractivity contribution >= 4 is 12.0 Å². The summed E-state index contributed by atoms with van der Waals surface area (Å²) in [6, 6.07) is 8.61. The van der Waals surface area contributed by atoms with Gasteiger partial charge in [0, 0.05) is 13.2 Å². The van der Waals surface area contributed by atoms with Crippen molar-refractivity contribution < 1.29 is 19.4 Å². The molecule has 0 aliphatic carbocycles. The first-order chi connectivity index (χ1) is 10.3. The maximum absolute atomic E-state index is 12.1. The van der Waals surface area contributed by atoms with Crippen molar-refractivity contribution in [2.75, 3.05) is 6.61 Å². The van der Waals surface area contributed by atoms with Gasteiger partial charge < -0.3 is 20.5 Å². The van der Waals surface area contributed by atoms with Crippen LogP contribution in [0.25, 0.3) is 0 Å². The van der Waals surface area contributed by atoms with E-state index in [2.05, 4.69) is 10.6 Å². The number of hydrogen-bond donors (Lipinski definition) is 3. The van der Waals surface area contributed by atoms with Gasteiger partial charge in [-0.25, -0.2) is 4.79 Å². The Hall–Kier alpha value is -2.08. The van der Waals surface area contributed by atoms with E-state index in [4.69, 9.17) is 9.84 Å². The van der Waals surface area contributed by atoms with Crippen LogP contribution in [0.5, 0.6) is 0 Å². The van der Waals surface area contributed by atoms with Gasteiger partial charge in [-0.15, -0.1) is 0 Å². The average molecular weight is 308 g/mol. The molecule has 0 bridgehead atoms. The van der Waals surface area contributed by atoms with Crippen LogP contribution in [-0.4, -0.2) is 35.4 Å². The summed E-state index contributed by atoms with van der Waals surface area (Å²) in [5, 5.41) is 14.3. The summed E-state index contributed by atoms with van der Waals surface area (Å²) >= 11 is 0. The van der Waals surface area contributed by atoms with E-state index in [1.807, 2.05) is 30.3 Å². The van der Waals surface area contributed by atoms with Gasteiger partial charge in [-0.3, -0.25) is 4.79 Å². The number of aliphatic hydroxyl groups is 1. The van der Waals surface area contributed by atoms with E-state index >= 15 is 0 Å². The van der Waals surface area contributed by atoms with Gasteiger partial charge in [0.2, 0.25) is 5.91 Å². The molecule has 0 radical (unpaired) electrons. The van der Waals surface area contributed by atoms with Crippen LogP contribution in [-0.2, 0) is 16.1 Å². The highest BCUT2D eigenvalue weighted by molar-refractivity contribution is 5.85. The molecular formula is C16H24N2O4. The molecule has 0 saturated heterocycles. The summed E-state index contributed by atoms with van der Waals surface area (Å²) in [5.41, 5.74) is 0.310. The van der Waals surface area contributed by atoms with Crippen LogP contribution in [0.15, 0.2) is 30.3 Å². The lowest BCUT2D eigenvalue weighted by atomic mass is 10.2. The maximum atomic E-state index is 12.1. The molecule has 1 aromatic carbocycles. The smallest absolute Gasteiger partial charge is 0.408 e. The second-order valence-electron chi connectivity index (χ2n) is 5.91. The minimum atomic E-state index is -0.830. The lowest BCUT2D eigenvalue weighted by Gasteiger charge is -2.23. The highest BCUT2D eigenvalue weighted by Crippen LogP contribution is 2.07. The molecule has 0 saturated carbocycles. The molecule has 6 heteroatoms. The van der Waals surface area contributed by atoms with E-state index in [1.165, 1.54) is 0 Å². The van der Waals surface area contributed by atoms with Crippen molar-refractivity contribution in [2.24, 2.45) is 0 Å². The molecule has 0 spiro atoms. The number of alkyl carbamates (subject to hydrolysis) is 1. The van der Waals surface area contributed by atoms with E-state index in [-0.39, 0.29) is 18.9 Å². The van der Waals surface area contributed by atoms with Crippen molar-refractivity contribution in [1.29, 1.82) is 0 Å². The van der Waals surface area contributed by atoms with E-state index in [0.29, 0.717) is 6.54 Å². The summed E-state index contributed by atoms with van der Waals surface area (Å²) in [4.78, 5) is 23.8. The fourth-order valence-electron chi connectivity index (χ4n) is 1.76. The minimum absolute atomic E-state index is 0.125. The second-order valence-corrected chi connectivity index (χ2v) is 5.91. The summed E-state index contributed by atoms with van der Waals surface area (Å²) in [6.45, 7) is 5.37. The summed E-state index contributed by atoms with van der Waals surface area (Å²) in [7, 11) is 0. The number of amides is 2. The molecule has 0 aliphatic heterocycles. The topological polar surface area (TPSA) is 87.7 Å². The van der Waals surface area contributed by atoms with Gasteiger partial charge in [-0.2, -0.15) is 0 Å². The first kappa shape index (κ1) is 18.0. The third kappa shape index (κ3) is 7.08. The number of aliphatic hydroxyl groups excluding tert-OH is 1. The molecule has 3 N–H and O–H groups in total.